The predicted molar refractivity (Wildman–Crippen MR) is 67.5 cm³/mol. The van der Waals surface area contributed by atoms with Gasteiger partial charge in [-0.1, -0.05) is 6.92 Å². The van der Waals surface area contributed by atoms with Crippen LogP contribution in [0.3, 0.4) is 0 Å². The number of thioether (sulfide) groups is 1. The Balaban J connectivity index is 2.37. The van der Waals surface area contributed by atoms with Crippen molar-refractivity contribution in [2.45, 2.75) is 26.3 Å². The first-order valence-electron chi connectivity index (χ1n) is 5.32. The highest BCUT2D eigenvalue weighted by Crippen LogP contribution is 2.08. The summed E-state index contributed by atoms with van der Waals surface area (Å²) in [6.45, 7) is 4.12. The zero-order valence-corrected chi connectivity index (χ0v) is 10.4. The lowest BCUT2D eigenvalue weighted by atomic mass is 10.2. The molecule has 1 atom stereocenters. The molecule has 1 aromatic heterocycles. The van der Waals surface area contributed by atoms with E-state index in [1.54, 1.807) is 0 Å². The van der Waals surface area contributed by atoms with Crippen molar-refractivity contribution >= 4 is 23.5 Å². The summed E-state index contributed by atoms with van der Waals surface area (Å²) in [6, 6.07) is 0.154. The Hall–Kier alpha value is -1.17. The molecule has 1 aromatic rings. The first kappa shape index (κ1) is 12.9. The molecule has 5 nitrogen and oxygen atoms in total. The molecule has 0 aliphatic heterocycles. The van der Waals surface area contributed by atoms with Gasteiger partial charge in [0.05, 0.1) is 6.20 Å². The van der Waals surface area contributed by atoms with E-state index in [2.05, 4.69) is 22.4 Å². The third kappa shape index (κ3) is 3.77. The monoisotopic (exact) mass is 242 g/mol. The number of H-pyrrole nitrogens is 1. The molecule has 90 valence electrons. The molecule has 0 fully saturated rings. The fourth-order valence-electron chi connectivity index (χ4n) is 1.26. The maximum absolute atomic E-state index is 11.7. The van der Waals surface area contributed by atoms with Crippen LogP contribution in [0.4, 0.5) is 5.82 Å². The molecule has 0 saturated heterocycles. The highest BCUT2D eigenvalue weighted by atomic mass is 32.2. The van der Waals surface area contributed by atoms with Crippen molar-refractivity contribution < 1.29 is 4.79 Å². The second kappa shape index (κ2) is 6.42. The number of aromatic amines is 1. The van der Waals surface area contributed by atoms with Gasteiger partial charge in [-0.25, -0.2) is 0 Å². The van der Waals surface area contributed by atoms with Crippen LogP contribution in [0.1, 0.15) is 30.6 Å². The topological polar surface area (TPSA) is 83.8 Å². The SMILES string of the molecule is CCSCCC(C)NC(=O)c1cn[nH]c1N. The molecular weight excluding hydrogens is 224 g/mol. The molecule has 0 saturated carbocycles. The zero-order chi connectivity index (χ0) is 12.0. The average molecular weight is 242 g/mol. The Morgan fingerprint density at radius 2 is 2.50 bits per heavy atom. The Morgan fingerprint density at radius 3 is 3.06 bits per heavy atom. The molecule has 0 aliphatic rings. The summed E-state index contributed by atoms with van der Waals surface area (Å²) < 4.78 is 0. The van der Waals surface area contributed by atoms with Crippen molar-refractivity contribution in [2.24, 2.45) is 0 Å². The van der Waals surface area contributed by atoms with Crippen LogP contribution in [0, 0.1) is 0 Å². The van der Waals surface area contributed by atoms with Gasteiger partial charge in [-0.15, -0.1) is 0 Å². The number of nitrogens with zero attached hydrogens (tertiary/aromatic N) is 1. The van der Waals surface area contributed by atoms with Gasteiger partial charge in [0.2, 0.25) is 0 Å². The molecule has 0 radical (unpaired) electrons. The molecule has 0 bridgehead atoms. The van der Waals surface area contributed by atoms with E-state index in [4.69, 9.17) is 5.73 Å². The van der Waals surface area contributed by atoms with Crippen molar-refractivity contribution in [3.05, 3.63) is 11.8 Å². The van der Waals surface area contributed by atoms with Crippen LogP contribution >= 0.6 is 11.8 Å². The van der Waals surface area contributed by atoms with Crippen molar-refractivity contribution in [1.29, 1.82) is 0 Å². The fraction of sp³-hybridized carbons (Fsp3) is 0.600. The van der Waals surface area contributed by atoms with Crippen LogP contribution in [0.15, 0.2) is 6.20 Å². The molecule has 0 aliphatic carbocycles. The Bertz CT molecular complexity index is 339. The summed E-state index contributed by atoms with van der Waals surface area (Å²) in [4.78, 5) is 11.7. The molecule has 1 amide bonds. The maximum Gasteiger partial charge on any atom is 0.256 e. The molecular formula is C10H18N4OS. The lowest BCUT2D eigenvalue weighted by molar-refractivity contribution is 0.0940. The smallest absolute Gasteiger partial charge is 0.256 e. The van der Waals surface area contributed by atoms with Crippen molar-refractivity contribution in [2.75, 3.05) is 17.2 Å². The van der Waals surface area contributed by atoms with Gasteiger partial charge in [0.15, 0.2) is 0 Å². The Labute approximate surface area is 99.6 Å². The lowest BCUT2D eigenvalue weighted by Gasteiger charge is -2.12. The van der Waals surface area contributed by atoms with Crippen molar-refractivity contribution in [1.82, 2.24) is 15.5 Å². The van der Waals surface area contributed by atoms with Crippen LogP contribution in [0.5, 0.6) is 0 Å². The minimum Gasteiger partial charge on any atom is -0.383 e. The summed E-state index contributed by atoms with van der Waals surface area (Å²) in [7, 11) is 0. The molecule has 0 aromatic carbocycles. The highest BCUT2D eigenvalue weighted by Gasteiger charge is 2.13. The van der Waals surface area contributed by atoms with Gasteiger partial charge >= 0.3 is 0 Å². The third-order valence-corrected chi connectivity index (χ3v) is 3.12. The van der Waals surface area contributed by atoms with Crippen LogP contribution in [-0.4, -0.2) is 33.7 Å². The number of anilines is 1. The molecule has 0 spiro atoms. The van der Waals surface area contributed by atoms with Crippen LogP contribution in [0.2, 0.25) is 0 Å². The molecule has 16 heavy (non-hydrogen) atoms. The zero-order valence-electron chi connectivity index (χ0n) is 9.62. The van der Waals surface area contributed by atoms with E-state index in [9.17, 15) is 4.79 Å². The third-order valence-electron chi connectivity index (χ3n) is 2.19. The molecule has 1 rings (SSSR count). The summed E-state index contributed by atoms with van der Waals surface area (Å²) in [5.74, 6) is 2.31. The number of nitrogens with one attached hydrogen (secondary N) is 2. The fourth-order valence-corrected chi connectivity index (χ4v) is 2.06. The number of hydrogen-bond acceptors (Lipinski definition) is 4. The van der Waals surface area contributed by atoms with Crippen molar-refractivity contribution in [3.8, 4) is 0 Å². The van der Waals surface area contributed by atoms with E-state index in [0.29, 0.717) is 11.4 Å². The van der Waals surface area contributed by atoms with Gasteiger partial charge < -0.3 is 11.1 Å². The molecule has 1 unspecified atom stereocenters. The maximum atomic E-state index is 11.7. The van der Waals surface area contributed by atoms with Gasteiger partial charge in [0.1, 0.15) is 11.4 Å². The summed E-state index contributed by atoms with van der Waals surface area (Å²) >= 11 is 1.87. The Kier molecular flexibility index (Phi) is 5.18. The number of nitrogen functional groups attached to an aromatic ring is 1. The predicted octanol–water partition coefficient (Wildman–Crippen LogP) is 1.25. The number of hydrogen-bond donors (Lipinski definition) is 3. The van der Waals surface area contributed by atoms with Crippen LogP contribution in [0.25, 0.3) is 0 Å². The summed E-state index contributed by atoms with van der Waals surface area (Å²) in [5.41, 5.74) is 5.97. The first-order chi connectivity index (χ1) is 7.65. The van der Waals surface area contributed by atoms with E-state index >= 15 is 0 Å². The van der Waals surface area contributed by atoms with E-state index < -0.39 is 0 Å². The van der Waals surface area contributed by atoms with Gasteiger partial charge in [-0.3, -0.25) is 9.89 Å². The van der Waals surface area contributed by atoms with Gasteiger partial charge in [0.25, 0.3) is 5.91 Å². The van der Waals surface area contributed by atoms with E-state index in [0.717, 1.165) is 17.9 Å². The molecule has 4 N–H and O–H groups in total. The van der Waals surface area contributed by atoms with Crippen molar-refractivity contribution in [3.63, 3.8) is 0 Å². The Morgan fingerprint density at radius 1 is 1.75 bits per heavy atom. The number of carbonyl (C=O) groups is 1. The number of carbonyl (C=O) groups excluding carboxylic acids is 1. The number of rotatable bonds is 6. The summed E-state index contributed by atoms with van der Waals surface area (Å²) in [6.07, 6.45) is 2.40. The van der Waals surface area contributed by atoms with Crippen LogP contribution < -0.4 is 11.1 Å². The number of amides is 1. The second-order valence-corrected chi connectivity index (χ2v) is 4.95. The largest absolute Gasteiger partial charge is 0.383 e. The minimum atomic E-state index is -0.166. The normalized spacial score (nSPS) is 12.4. The molecule has 1 heterocycles. The van der Waals surface area contributed by atoms with Gasteiger partial charge in [-0.05, 0) is 24.9 Å². The minimum absolute atomic E-state index is 0.154. The van der Waals surface area contributed by atoms with E-state index in [-0.39, 0.29) is 11.9 Å². The highest BCUT2D eigenvalue weighted by molar-refractivity contribution is 7.99. The summed E-state index contributed by atoms with van der Waals surface area (Å²) in [5, 5.41) is 9.14. The van der Waals surface area contributed by atoms with E-state index in [1.165, 1.54) is 6.20 Å². The molecule has 6 heteroatoms. The van der Waals surface area contributed by atoms with Gasteiger partial charge in [0, 0.05) is 6.04 Å². The average Bonchev–Trinajstić information content (AvgIpc) is 2.65. The van der Waals surface area contributed by atoms with Gasteiger partial charge in [-0.2, -0.15) is 16.9 Å². The number of aromatic nitrogens is 2. The number of nitrogens with two attached hydrogens (primary N) is 1. The quantitative estimate of drug-likeness (QED) is 0.656. The standard InChI is InChI=1S/C10H18N4OS/c1-3-16-5-4-7(2)13-10(15)8-6-12-14-9(8)11/h6-7H,3-5H2,1-2H3,(H,13,15)(H3,11,12,14). The lowest BCUT2D eigenvalue weighted by Crippen LogP contribution is -2.33. The first-order valence-corrected chi connectivity index (χ1v) is 6.48. The van der Waals surface area contributed by atoms with Crippen LogP contribution in [-0.2, 0) is 0 Å². The second-order valence-electron chi connectivity index (χ2n) is 3.56. The van der Waals surface area contributed by atoms with E-state index in [1.807, 2.05) is 18.7 Å².